The third kappa shape index (κ3) is 2.83. The maximum atomic E-state index is 11.4. The first-order chi connectivity index (χ1) is 7.69. The summed E-state index contributed by atoms with van der Waals surface area (Å²) in [4.78, 5) is 22.6. The Labute approximate surface area is 93.2 Å². The maximum absolute atomic E-state index is 11.4. The molecule has 1 aromatic rings. The van der Waals surface area contributed by atoms with E-state index in [1.54, 1.807) is 24.3 Å². The minimum absolute atomic E-state index is 0.302. The number of nitrogens with one attached hydrogen (secondary N) is 1. The van der Waals surface area contributed by atoms with Crippen molar-refractivity contribution in [1.29, 1.82) is 0 Å². The fourth-order valence-electron chi connectivity index (χ4n) is 1.14. The number of para-hydroxylation sites is 1. The highest BCUT2D eigenvalue weighted by molar-refractivity contribution is 6.04. The van der Waals surface area contributed by atoms with Crippen molar-refractivity contribution < 1.29 is 14.3 Å². The molecule has 0 saturated carbocycles. The van der Waals surface area contributed by atoms with E-state index in [1.165, 1.54) is 7.11 Å². The highest BCUT2D eigenvalue weighted by Gasteiger charge is 2.11. The zero-order valence-electron chi connectivity index (χ0n) is 8.82. The Balaban J connectivity index is 2.99. The van der Waals surface area contributed by atoms with E-state index in [-0.39, 0.29) is 0 Å². The lowest BCUT2D eigenvalue weighted by atomic mass is 10.2. The molecule has 82 valence electrons. The van der Waals surface area contributed by atoms with Gasteiger partial charge in [-0.05, 0) is 12.1 Å². The number of benzene rings is 1. The van der Waals surface area contributed by atoms with Crippen molar-refractivity contribution in [1.82, 2.24) is 0 Å². The first kappa shape index (κ1) is 11.8. The van der Waals surface area contributed by atoms with Gasteiger partial charge in [-0.1, -0.05) is 18.7 Å². The molecule has 0 unspecified atom stereocenters. The lowest BCUT2D eigenvalue weighted by Crippen LogP contribution is -2.12. The Hall–Kier alpha value is -2.32. The molecule has 1 rings (SSSR count). The molecule has 0 fully saturated rings. The fourth-order valence-corrected chi connectivity index (χ4v) is 1.14. The van der Waals surface area contributed by atoms with Gasteiger partial charge in [0.25, 0.3) is 5.91 Å². The predicted octanol–water partition coefficient (Wildman–Crippen LogP) is 1.75. The summed E-state index contributed by atoms with van der Waals surface area (Å²) in [5, 5.41) is 2.53. The van der Waals surface area contributed by atoms with Crippen LogP contribution in [-0.4, -0.2) is 19.0 Å². The summed E-state index contributed by atoms with van der Waals surface area (Å²) in [6, 6.07) is 6.57. The van der Waals surface area contributed by atoms with Gasteiger partial charge in [-0.15, -0.1) is 5.73 Å². The summed E-state index contributed by atoms with van der Waals surface area (Å²) in [7, 11) is 1.28. The van der Waals surface area contributed by atoms with E-state index in [0.717, 1.165) is 6.08 Å². The zero-order valence-corrected chi connectivity index (χ0v) is 8.82. The Morgan fingerprint density at radius 2 is 2.12 bits per heavy atom. The van der Waals surface area contributed by atoms with Crippen molar-refractivity contribution in [2.24, 2.45) is 0 Å². The third-order valence-electron chi connectivity index (χ3n) is 1.82. The van der Waals surface area contributed by atoms with Gasteiger partial charge < -0.3 is 10.1 Å². The van der Waals surface area contributed by atoms with Crippen LogP contribution < -0.4 is 5.32 Å². The van der Waals surface area contributed by atoms with Gasteiger partial charge in [0.1, 0.15) is 0 Å². The molecule has 16 heavy (non-hydrogen) atoms. The second-order valence-corrected chi connectivity index (χ2v) is 2.87. The van der Waals surface area contributed by atoms with Crippen molar-refractivity contribution in [2.75, 3.05) is 12.4 Å². The van der Waals surface area contributed by atoms with Crippen LogP contribution in [0.1, 0.15) is 10.4 Å². The lowest BCUT2D eigenvalue weighted by Gasteiger charge is -2.07. The van der Waals surface area contributed by atoms with E-state index < -0.39 is 11.9 Å². The highest BCUT2D eigenvalue weighted by atomic mass is 16.5. The first-order valence-electron chi connectivity index (χ1n) is 4.53. The molecule has 0 saturated heterocycles. The number of hydrogen-bond donors (Lipinski definition) is 1. The molecule has 4 nitrogen and oxygen atoms in total. The molecule has 0 aliphatic carbocycles. The average Bonchev–Trinajstić information content (AvgIpc) is 2.29. The van der Waals surface area contributed by atoms with E-state index in [9.17, 15) is 9.59 Å². The summed E-state index contributed by atoms with van der Waals surface area (Å²) in [5.41, 5.74) is 3.04. The summed E-state index contributed by atoms with van der Waals surface area (Å²) in [5.74, 6) is -0.898. The Bertz CT molecular complexity index is 459. The topological polar surface area (TPSA) is 55.4 Å². The van der Waals surface area contributed by atoms with Crippen molar-refractivity contribution in [3.63, 3.8) is 0 Å². The van der Waals surface area contributed by atoms with Gasteiger partial charge in [0, 0.05) is 6.08 Å². The molecule has 0 spiro atoms. The molecular formula is C12H11NO3. The van der Waals surface area contributed by atoms with E-state index in [2.05, 4.69) is 22.4 Å². The number of carbonyl (C=O) groups is 2. The van der Waals surface area contributed by atoms with Crippen LogP contribution in [0.25, 0.3) is 0 Å². The van der Waals surface area contributed by atoms with Crippen LogP contribution >= 0.6 is 0 Å². The molecule has 0 aliphatic rings. The number of hydrogen-bond acceptors (Lipinski definition) is 3. The van der Waals surface area contributed by atoms with Crippen LogP contribution in [0.5, 0.6) is 0 Å². The SMILES string of the molecule is C=C=CC(=O)Nc1ccccc1C(=O)OC. The standard InChI is InChI=1S/C12H11NO3/c1-3-6-11(14)13-10-8-5-4-7-9(10)12(15)16-2/h4-8H,1H2,2H3,(H,13,14). The Morgan fingerprint density at radius 1 is 1.44 bits per heavy atom. The quantitative estimate of drug-likeness (QED) is 0.476. The summed E-state index contributed by atoms with van der Waals surface area (Å²) in [6.45, 7) is 3.28. The van der Waals surface area contributed by atoms with Crippen LogP contribution in [0, 0.1) is 0 Å². The van der Waals surface area contributed by atoms with E-state index in [0.29, 0.717) is 11.3 Å². The zero-order chi connectivity index (χ0) is 12.0. The molecule has 0 bridgehead atoms. The van der Waals surface area contributed by atoms with Crippen molar-refractivity contribution in [3.8, 4) is 0 Å². The molecule has 0 atom stereocenters. The molecular weight excluding hydrogens is 206 g/mol. The van der Waals surface area contributed by atoms with Crippen molar-refractivity contribution in [2.45, 2.75) is 0 Å². The van der Waals surface area contributed by atoms with Gasteiger partial charge in [-0.3, -0.25) is 4.79 Å². The largest absolute Gasteiger partial charge is 0.465 e. The maximum Gasteiger partial charge on any atom is 0.339 e. The van der Waals surface area contributed by atoms with Gasteiger partial charge in [-0.25, -0.2) is 4.79 Å². The predicted molar refractivity (Wildman–Crippen MR) is 60.1 cm³/mol. The third-order valence-corrected chi connectivity index (χ3v) is 1.82. The molecule has 0 radical (unpaired) electrons. The van der Waals surface area contributed by atoms with Crippen LogP contribution in [0.2, 0.25) is 0 Å². The van der Waals surface area contributed by atoms with Gasteiger partial charge in [-0.2, -0.15) is 0 Å². The molecule has 0 aliphatic heterocycles. The number of methoxy groups -OCH3 is 1. The van der Waals surface area contributed by atoms with Crippen LogP contribution in [0.3, 0.4) is 0 Å². The summed E-state index contributed by atoms with van der Waals surface area (Å²) in [6.07, 6.45) is 1.15. The van der Waals surface area contributed by atoms with Gasteiger partial charge in [0.2, 0.25) is 0 Å². The minimum atomic E-state index is -0.501. The molecule has 1 aromatic carbocycles. The van der Waals surface area contributed by atoms with Crippen molar-refractivity contribution >= 4 is 17.6 Å². The molecule has 0 heterocycles. The normalized spacial score (nSPS) is 8.81. The van der Waals surface area contributed by atoms with Gasteiger partial charge in [0.05, 0.1) is 18.4 Å². The van der Waals surface area contributed by atoms with Crippen LogP contribution in [0.15, 0.2) is 42.7 Å². The summed E-state index contributed by atoms with van der Waals surface area (Å²) >= 11 is 0. The Morgan fingerprint density at radius 3 is 2.75 bits per heavy atom. The van der Waals surface area contributed by atoms with E-state index in [1.807, 2.05) is 0 Å². The number of rotatable bonds is 3. The number of esters is 1. The second kappa shape index (κ2) is 5.53. The van der Waals surface area contributed by atoms with E-state index in [4.69, 9.17) is 0 Å². The Kier molecular flexibility index (Phi) is 4.07. The van der Waals surface area contributed by atoms with Crippen LogP contribution in [-0.2, 0) is 9.53 Å². The minimum Gasteiger partial charge on any atom is -0.465 e. The molecule has 1 N–H and O–H groups in total. The molecule has 4 heteroatoms. The number of anilines is 1. The monoisotopic (exact) mass is 217 g/mol. The number of amides is 1. The van der Waals surface area contributed by atoms with Crippen LogP contribution in [0.4, 0.5) is 5.69 Å². The fraction of sp³-hybridized carbons (Fsp3) is 0.0833. The first-order valence-corrected chi connectivity index (χ1v) is 4.53. The number of ether oxygens (including phenoxy) is 1. The van der Waals surface area contributed by atoms with Gasteiger partial charge in [0.15, 0.2) is 0 Å². The smallest absolute Gasteiger partial charge is 0.339 e. The van der Waals surface area contributed by atoms with Gasteiger partial charge >= 0.3 is 5.97 Å². The number of carbonyl (C=O) groups excluding carboxylic acids is 2. The molecule has 1 amide bonds. The lowest BCUT2D eigenvalue weighted by molar-refractivity contribution is -0.111. The van der Waals surface area contributed by atoms with Crippen molar-refractivity contribution in [3.05, 3.63) is 48.2 Å². The molecule has 0 aromatic heterocycles. The highest BCUT2D eigenvalue weighted by Crippen LogP contribution is 2.15. The summed E-state index contributed by atoms with van der Waals surface area (Å²) < 4.78 is 4.59. The van der Waals surface area contributed by atoms with E-state index >= 15 is 0 Å². The average molecular weight is 217 g/mol. The second-order valence-electron chi connectivity index (χ2n) is 2.87.